The molecular formula is C28H30N2O3. The van der Waals surface area contributed by atoms with E-state index >= 15 is 0 Å². The number of rotatable bonds is 2. The predicted octanol–water partition coefficient (Wildman–Crippen LogP) is 5.08. The zero-order valence-corrected chi connectivity index (χ0v) is 19.2. The first-order valence-electron chi connectivity index (χ1n) is 12.2. The van der Waals surface area contributed by atoms with E-state index in [4.69, 9.17) is 9.47 Å². The van der Waals surface area contributed by atoms with Crippen LogP contribution in [0.4, 0.5) is 0 Å². The molecule has 0 bridgehead atoms. The fourth-order valence-electron chi connectivity index (χ4n) is 5.70. The Balaban J connectivity index is 1.18. The summed E-state index contributed by atoms with van der Waals surface area (Å²) in [6, 6.07) is 15.2. The molecule has 5 nitrogen and oxygen atoms in total. The van der Waals surface area contributed by atoms with Gasteiger partial charge in [0.25, 0.3) is 5.91 Å². The van der Waals surface area contributed by atoms with Crippen LogP contribution in [0.1, 0.15) is 43.2 Å². The molecule has 0 radical (unpaired) electrons. The van der Waals surface area contributed by atoms with E-state index in [1.807, 2.05) is 17.2 Å². The number of ether oxygens (including phenoxy) is 2. The fourth-order valence-corrected chi connectivity index (χ4v) is 5.70. The zero-order chi connectivity index (χ0) is 22.4. The van der Waals surface area contributed by atoms with Crippen molar-refractivity contribution in [2.75, 3.05) is 19.7 Å². The van der Waals surface area contributed by atoms with E-state index < -0.39 is 0 Å². The highest BCUT2D eigenvalue weighted by Gasteiger charge is 2.41. The molecule has 0 N–H and O–H groups in total. The second-order valence-corrected chi connectivity index (χ2v) is 9.80. The lowest BCUT2D eigenvalue weighted by Crippen LogP contribution is -2.52. The van der Waals surface area contributed by atoms with Crippen LogP contribution < -0.4 is 4.74 Å². The van der Waals surface area contributed by atoms with Gasteiger partial charge in [0.05, 0.1) is 5.52 Å². The summed E-state index contributed by atoms with van der Waals surface area (Å²) in [5, 5.41) is 1.17. The van der Waals surface area contributed by atoms with Crippen LogP contribution in [0.2, 0.25) is 0 Å². The Hall–Kier alpha value is -2.92. The maximum atomic E-state index is 12.7. The van der Waals surface area contributed by atoms with Crippen molar-refractivity contribution in [2.45, 2.75) is 57.2 Å². The van der Waals surface area contributed by atoms with Crippen molar-refractivity contribution >= 4 is 16.8 Å². The highest BCUT2D eigenvalue weighted by atomic mass is 16.5. The minimum absolute atomic E-state index is 0.146. The van der Waals surface area contributed by atoms with Crippen LogP contribution in [0.5, 0.6) is 5.75 Å². The van der Waals surface area contributed by atoms with Gasteiger partial charge < -0.3 is 14.4 Å². The van der Waals surface area contributed by atoms with Crippen LogP contribution in [-0.4, -0.2) is 47.2 Å². The number of carbonyl (C=O) groups is 1. The monoisotopic (exact) mass is 442 g/mol. The van der Waals surface area contributed by atoms with E-state index in [-0.39, 0.29) is 17.6 Å². The Morgan fingerprint density at radius 1 is 1.09 bits per heavy atom. The van der Waals surface area contributed by atoms with Crippen molar-refractivity contribution < 1.29 is 14.3 Å². The van der Waals surface area contributed by atoms with E-state index in [0.29, 0.717) is 6.61 Å². The highest BCUT2D eigenvalue weighted by molar-refractivity contribution is 5.87. The molecule has 2 aromatic carbocycles. The van der Waals surface area contributed by atoms with E-state index in [0.717, 1.165) is 62.9 Å². The molecule has 1 spiro atoms. The number of likely N-dealkylation sites (tertiary alicyclic amines) is 1. The molecule has 1 atom stereocenters. The first-order chi connectivity index (χ1) is 16.1. The number of pyridine rings is 1. The number of piperidine rings is 1. The summed E-state index contributed by atoms with van der Waals surface area (Å²) in [5.41, 5.74) is 5.83. The lowest BCUT2D eigenvalue weighted by Gasteiger charge is -2.45. The normalized spacial score (nSPS) is 21.7. The minimum atomic E-state index is -0.222. The zero-order valence-electron chi connectivity index (χ0n) is 19.2. The summed E-state index contributed by atoms with van der Waals surface area (Å²) in [6.45, 7) is 4.36. The van der Waals surface area contributed by atoms with Gasteiger partial charge in [0.15, 0.2) is 0 Å². The van der Waals surface area contributed by atoms with Gasteiger partial charge >= 0.3 is 0 Å². The Labute approximate surface area is 194 Å². The van der Waals surface area contributed by atoms with Crippen LogP contribution in [0.15, 0.2) is 48.7 Å². The van der Waals surface area contributed by atoms with Crippen LogP contribution in [0, 0.1) is 6.92 Å². The number of aromatic nitrogens is 1. The Kier molecular flexibility index (Phi) is 5.10. The third-order valence-electron chi connectivity index (χ3n) is 7.66. The maximum absolute atomic E-state index is 12.7. The van der Waals surface area contributed by atoms with Gasteiger partial charge in [-0.2, -0.15) is 0 Å². The van der Waals surface area contributed by atoms with Crippen LogP contribution in [0.25, 0.3) is 22.0 Å². The first-order valence-corrected chi connectivity index (χ1v) is 12.2. The van der Waals surface area contributed by atoms with Gasteiger partial charge in [0.1, 0.15) is 17.5 Å². The molecule has 2 fully saturated rings. The standard InChI is InChI=1S/C28H30N2O3/c1-19-16-23(18-22-4-2-12-29-26(19)22)20-6-7-24-21(17-20)8-9-28(33-24)10-13-30(14-11-28)27(31)25-5-3-15-32-25/h2,4,6-7,12,16-18,25H,3,5,8-11,13-15H2,1H3/t25-/m1/s1. The lowest BCUT2D eigenvalue weighted by molar-refractivity contribution is -0.144. The number of aryl methyl sites for hydroxylation is 2. The maximum Gasteiger partial charge on any atom is 0.251 e. The molecule has 3 aliphatic rings. The topological polar surface area (TPSA) is 51.7 Å². The van der Waals surface area contributed by atoms with Crippen LogP contribution in [-0.2, 0) is 16.0 Å². The largest absolute Gasteiger partial charge is 0.487 e. The number of amides is 1. The molecule has 3 aliphatic heterocycles. The second kappa shape index (κ2) is 8.14. The third kappa shape index (κ3) is 3.78. The van der Waals surface area contributed by atoms with Crippen molar-refractivity contribution in [3.8, 4) is 16.9 Å². The Morgan fingerprint density at radius 2 is 1.97 bits per heavy atom. The highest BCUT2D eigenvalue weighted by Crippen LogP contribution is 2.41. The van der Waals surface area contributed by atoms with Crippen molar-refractivity contribution in [1.82, 2.24) is 9.88 Å². The fraction of sp³-hybridized carbons (Fsp3) is 0.429. The first kappa shape index (κ1) is 20.7. The molecule has 0 aliphatic carbocycles. The number of hydrogen-bond acceptors (Lipinski definition) is 4. The van der Waals surface area contributed by atoms with Crippen molar-refractivity contribution in [3.63, 3.8) is 0 Å². The molecule has 4 heterocycles. The van der Waals surface area contributed by atoms with Gasteiger partial charge in [0.2, 0.25) is 0 Å². The average molecular weight is 443 g/mol. The number of hydrogen-bond donors (Lipinski definition) is 0. The van der Waals surface area contributed by atoms with Gasteiger partial charge in [-0.05, 0) is 85.2 Å². The summed E-state index contributed by atoms with van der Waals surface area (Å²) >= 11 is 0. The summed E-state index contributed by atoms with van der Waals surface area (Å²) in [7, 11) is 0. The van der Waals surface area contributed by atoms with Crippen molar-refractivity contribution in [3.05, 3.63) is 59.8 Å². The second-order valence-electron chi connectivity index (χ2n) is 9.80. The third-order valence-corrected chi connectivity index (χ3v) is 7.66. The Bertz CT molecular complexity index is 1210. The van der Waals surface area contributed by atoms with Gasteiger partial charge in [-0.25, -0.2) is 0 Å². The molecule has 5 heteroatoms. The quantitative estimate of drug-likeness (QED) is 0.556. The summed E-state index contributed by atoms with van der Waals surface area (Å²) in [4.78, 5) is 19.2. The molecule has 3 aromatic rings. The molecule has 0 saturated carbocycles. The van der Waals surface area contributed by atoms with Crippen LogP contribution >= 0.6 is 0 Å². The molecule has 1 amide bonds. The van der Waals surface area contributed by atoms with Crippen molar-refractivity contribution in [2.24, 2.45) is 0 Å². The summed E-state index contributed by atoms with van der Waals surface area (Å²) in [5.74, 6) is 1.17. The van der Waals surface area contributed by atoms with E-state index in [1.54, 1.807) is 0 Å². The summed E-state index contributed by atoms with van der Waals surface area (Å²) in [6.07, 6.45) is 7.28. The average Bonchev–Trinajstić information content (AvgIpc) is 3.39. The lowest BCUT2D eigenvalue weighted by atomic mass is 9.82. The minimum Gasteiger partial charge on any atom is -0.487 e. The van der Waals surface area contributed by atoms with Gasteiger partial charge in [0, 0.05) is 44.1 Å². The molecule has 6 rings (SSSR count). The summed E-state index contributed by atoms with van der Waals surface area (Å²) < 4.78 is 12.2. The number of fused-ring (bicyclic) bond motifs is 2. The number of carbonyl (C=O) groups excluding carboxylic acids is 1. The Morgan fingerprint density at radius 3 is 2.79 bits per heavy atom. The van der Waals surface area contributed by atoms with Gasteiger partial charge in [-0.1, -0.05) is 12.1 Å². The van der Waals surface area contributed by atoms with E-state index in [9.17, 15) is 4.79 Å². The molecule has 0 unspecified atom stereocenters. The van der Waals surface area contributed by atoms with E-state index in [2.05, 4.69) is 48.3 Å². The number of benzene rings is 2. The molecule has 1 aromatic heterocycles. The smallest absolute Gasteiger partial charge is 0.251 e. The van der Waals surface area contributed by atoms with Gasteiger partial charge in [-0.15, -0.1) is 0 Å². The van der Waals surface area contributed by atoms with Crippen LogP contribution in [0.3, 0.4) is 0 Å². The molecule has 2 saturated heterocycles. The molecule has 33 heavy (non-hydrogen) atoms. The molecular weight excluding hydrogens is 412 g/mol. The van der Waals surface area contributed by atoms with Gasteiger partial charge in [-0.3, -0.25) is 9.78 Å². The molecule has 170 valence electrons. The predicted molar refractivity (Wildman–Crippen MR) is 128 cm³/mol. The SMILES string of the molecule is Cc1cc(-c2ccc3c(c2)CCC2(CCN(C(=O)[C@H]4CCCO4)CC2)O3)cc2cccnc12. The number of nitrogens with zero attached hydrogens (tertiary/aromatic N) is 2. The van der Waals surface area contributed by atoms with Crippen molar-refractivity contribution in [1.29, 1.82) is 0 Å². The van der Waals surface area contributed by atoms with E-state index in [1.165, 1.54) is 27.6 Å².